The summed E-state index contributed by atoms with van der Waals surface area (Å²) in [5.41, 5.74) is 1.06. The Morgan fingerprint density at radius 1 is 1.44 bits per heavy atom. The first-order valence-corrected chi connectivity index (χ1v) is 5.83. The lowest BCUT2D eigenvalue weighted by Gasteiger charge is -2.32. The van der Waals surface area contributed by atoms with E-state index in [0.29, 0.717) is 13.1 Å². The highest BCUT2D eigenvalue weighted by Gasteiger charge is 2.25. The normalized spacial score (nSPS) is 20.5. The van der Waals surface area contributed by atoms with Gasteiger partial charge in [-0.3, -0.25) is 19.8 Å². The van der Waals surface area contributed by atoms with Crippen LogP contribution in [0.3, 0.4) is 0 Å². The molecule has 0 bridgehead atoms. The van der Waals surface area contributed by atoms with Gasteiger partial charge in [-0.2, -0.15) is 0 Å². The van der Waals surface area contributed by atoms with Crippen molar-refractivity contribution in [2.75, 3.05) is 13.1 Å². The van der Waals surface area contributed by atoms with Crippen molar-refractivity contribution in [2.24, 2.45) is 0 Å². The van der Waals surface area contributed by atoms with Crippen LogP contribution in [0.15, 0.2) is 24.3 Å². The van der Waals surface area contributed by atoms with Crippen LogP contribution in [0.2, 0.25) is 0 Å². The Kier molecular flexibility index (Phi) is 3.57. The van der Waals surface area contributed by atoms with Crippen molar-refractivity contribution in [2.45, 2.75) is 19.5 Å². The Morgan fingerprint density at radius 2 is 2.11 bits per heavy atom. The molecule has 0 radical (unpaired) electrons. The van der Waals surface area contributed by atoms with Crippen LogP contribution in [0.1, 0.15) is 12.5 Å². The quantitative estimate of drug-likeness (QED) is 0.638. The number of hydrogen-bond donors (Lipinski definition) is 1. The minimum atomic E-state index is -0.416. The molecular weight excluding hydrogens is 234 g/mol. The van der Waals surface area contributed by atoms with Gasteiger partial charge in [-0.05, 0) is 12.5 Å². The molecule has 96 valence electrons. The SMILES string of the molecule is C[C@@H]1C(=O)NCCN1Cc1ccc([N+](=O)[O-])cc1. The minimum Gasteiger partial charge on any atom is -0.353 e. The molecule has 2 rings (SSSR count). The molecule has 0 spiro atoms. The Bertz CT molecular complexity index is 458. The standard InChI is InChI=1S/C12H15N3O3/c1-9-12(16)13-6-7-14(9)8-10-2-4-11(5-3-10)15(17)18/h2-5,9H,6-8H2,1H3,(H,13,16)/t9-/m1/s1. The van der Waals surface area contributed by atoms with Crippen LogP contribution in [0.25, 0.3) is 0 Å². The van der Waals surface area contributed by atoms with E-state index in [9.17, 15) is 14.9 Å². The number of piperazine rings is 1. The third-order valence-corrected chi connectivity index (χ3v) is 3.16. The summed E-state index contributed by atoms with van der Waals surface area (Å²) in [7, 11) is 0. The van der Waals surface area contributed by atoms with E-state index < -0.39 is 4.92 Å². The molecule has 1 aliphatic heterocycles. The molecular formula is C12H15N3O3. The lowest BCUT2D eigenvalue weighted by Crippen LogP contribution is -2.53. The van der Waals surface area contributed by atoms with E-state index in [4.69, 9.17) is 0 Å². The number of carbonyl (C=O) groups is 1. The van der Waals surface area contributed by atoms with Crippen LogP contribution < -0.4 is 5.32 Å². The fraction of sp³-hybridized carbons (Fsp3) is 0.417. The van der Waals surface area contributed by atoms with E-state index in [2.05, 4.69) is 10.2 Å². The number of nitro benzene ring substituents is 1. The van der Waals surface area contributed by atoms with Crippen LogP contribution >= 0.6 is 0 Å². The number of non-ortho nitro benzene ring substituents is 1. The second kappa shape index (κ2) is 5.14. The molecule has 1 fully saturated rings. The summed E-state index contributed by atoms with van der Waals surface area (Å²) < 4.78 is 0. The summed E-state index contributed by atoms with van der Waals surface area (Å²) in [6, 6.07) is 6.29. The van der Waals surface area contributed by atoms with Crippen LogP contribution in [0, 0.1) is 10.1 Å². The fourth-order valence-electron chi connectivity index (χ4n) is 2.00. The molecule has 1 saturated heterocycles. The molecule has 1 aliphatic rings. The van der Waals surface area contributed by atoms with E-state index in [-0.39, 0.29) is 17.6 Å². The molecule has 1 aromatic carbocycles. The molecule has 1 atom stereocenters. The summed E-state index contributed by atoms with van der Waals surface area (Å²) in [6.07, 6.45) is 0. The molecule has 1 aromatic rings. The minimum absolute atomic E-state index is 0.0307. The Morgan fingerprint density at radius 3 is 2.72 bits per heavy atom. The number of nitro groups is 1. The van der Waals surface area contributed by atoms with Crippen molar-refractivity contribution < 1.29 is 9.72 Å². The van der Waals surface area contributed by atoms with Gasteiger partial charge in [-0.15, -0.1) is 0 Å². The number of benzene rings is 1. The molecule has 0 aromatic heterocycles. The Balaban J connectivity index is 2.04. The van der Waals surface area contributed by atoms with Gasteiger partial charge in [0.15, 0.2) is 0 Å². The van der Waals surface area contributed by atoms with E-state index in [1.807, 2.05) is 6.92 Å². The highest BCUT2D eigenvalue weighted by molar-refractivity contribution is 5.81. The maximum absolute atomic E-state index is 11.5. The number of amides is 1. The van der Waals surface area contributed by atoms with Gasteiger partial charge in [0.2, 0.25) is 5.91 Å². The van der Waals surface area contributed by atoms with Crippen molar-refractivity contribution in [1.82, 2.24) is 10.2 Å². The smallest absolute Gasteiger partial charge is 0.269 e. The zero-order chi connectivity index (χ0) is 13.1. The van der Waals surface area contributed by atoms with Crippen molar-refractivity contribution in [3.05, 3.63) is 39.9 Å². The number of nitrogens with zero attached hydrogens (tertiary/aromatic N) is 2. The zero-order valence-electron chi connectivity index (χ0n) is 10.1. The maximum Gasteiger partial charge on any atom is 0.269 e. The highest BCUT2D eigenvalue weighted by atomic mass is 16.6. The predicted molar refractivity (Wildman–Crippen MR) is 66.0 cm³/mol. The summed E-state index contributed by atoms with van der Waals surface area (Å²) in [5.74, 6) is 0.0307. The second-order valence-electron chi connectivity index (χ2n) is 4.36. The molecule has 1 heterocycles. The number of hydrogen-bond acceptors (Lipinski definition) is 4. The number of nitrogens with one attached hydrogen (secondary N) is 1. The van der Waals surface area contributed by atoms with E-state index in [0.717, 1.165) is 12.1 Å². The summed E-state index contributed by atoms with van der Waals surface area (Å²) >= 11 is 0. The van der Waals surface area contributed by atoms with Crippen LogP contribution in [0.5, 0.6) is 0 Å². The maximum atomic E-state index is 11.5. The number of rotatable bonds is 3. The third kappa shape index (κ3) is 2.65. The van der Waals surface area contributed by atoms with Crippen LogP contribution in [-0.2, 0) is 11.3 Å². The lowest BCUT2D eigenvalue weighted by atomic mass is 10.1. The number of carbonyl (C=O) groups excluding carboxylic acids is 1. The Labute approximate surface area is 105 Å². The summed E-state index contributed by atoms with van der Waals surface area (Å²) in [4.78, 5) is 23.7. The third-order valence-electron chi connectivity index (χ3n) is 3.16. The van der Waals surface area contributed by atoms with Gasteiger partial charge in [0.1, 0.15) is 0 Å². The highest BCUT2D eigenvalue weighted by Crippen LogP contribution is 2.15. The lowest BCUT2D eigenvalue weighted by molar-refractivity contribution is -0.384. The van der Waals surface area contributed by atoms with Gasteiger partial charge in [0, 0.05) is 31.8 Å². The first-order chi connectivity index (χ1) is 8.58. The van der Waals surface area contributed by atoms with Crippen molar-refractivity contribution in [3.8, 4) is 0 Å². The first-order valence-electron chi connectivity index (χ1n) is 5.83. The second-order valence-corrected chi connectivity index (χ2v) is 4.36. The van der Waals surface area contributed by atoms with Gasteiger partial charge < -0.3 is 5.32 Å². The van der Waals surface area contributed by atoms with Crippen molar-refractivity contribution >= 4 is 11.6 Å². The van der Waals surface area contributed by atoms with E-state index in [1.165, 1.54) is 12.1 Å². The molecule has 18 heavy (non-hydrogen) atoms. The molecule has 1 N–H and O–H groups in total. The monoisotopic (exact) mass is 249 g/mol. The topological polar surface area (TPSA) is 75.5 Å². The fourth-order valence-corrected chi connectivity index (χ4v) is 2.00. The molecule has 0 unspecified atom stereocenters. The predicted octanol–water partition coefficient (Wildman–Crippen LogP) is 0.915. The molecule has 6 nitrogen and oxygen atoms in total. The van der Waals surface area contributed by atoms with Gasteiger partial charge in [-0.1, -0.05) is 12.1 Å². The van der Waals surface area contributed by atoms with Gasteiger partial charge >= 0.3 is 0 Å². The molecule has 0 saturated carbocycles. The largest absolute Gasteiger partial charge is 0.353 e. The molecule has 0 aliphatic carbocycles. The average molecular weight is 249 g/mol. The van der Waals surface area contributed by atoms with Crippen molar-refractivity contribution in [3.63, 3.8) is 0 Å². The molecule has 1 amide bonds. The summed E-state index contributed by atoms with van der Waals surface area (Å²) in [5, 5.41) is 13.3. The molecule has 6 heteroatoms. The Hall–Kier alpha value is -1.95. The average Bonchev–Trinajstić information content (AvgIpc) is 2.36. The van der Waals surface area contributed by atoms with Gasteiger partial charge in [-0.25, -0.2) is 0 Å². The van der Waals surface area contributed by atoms with Gasteiger partial charge in [0.25, 0.3) is 5.69 Å². The van der Waals surface area contributed by atoms with Crippen molar-refractivity contribution in [1.29, 1.82) is 0 Å². The first kappa shape index (κ1) is 12.5. The van der Waals surface area contributed by atoms with E-state index in [1.54, 1.807) is 12.1 Å². The van der Waals surface area contributed by atoms with Crippen LogP contribution in [0.4, 0.5) is 5.69 Å². The van der Waals surface area contributed by atoms with Gasteiger partial charge in [0.05, 0.1) is 11.0 Å². The van der Waals surface area contributed by atoms with Crippen LogP contribution in [-0.4, -0.2) is 34.9 Å². The zero-order valence-corrected chi connectivity index (χ0v) is 10.1. The summed E-state index contributed by atoms with van der Waals surface area (Å²) in [6.45, 7) is 3.94. The van der Waals surface area contributed by atoms with E-state index >= 15 is 0 Å².